The lowest BCUT2D eigenvalue weighted by Crippen LogP contribution is -2.31. The van der Waals surface area contributed by atoms with E-state index < -0.39 is 0 Å². The van der Waals surface area contributed by atoms with Crippen LogP contribution in [0, 0.1) is 11.7 Å². The lowest BCUT2D eigenvalue weighted by atomic mass is 9.76. The van der Waals surface area contributed by atoms with Gasteiger partial charge in [0.15, 0.2) is 0 Å². The molecular weight excluding hydrogens is 249 g/mol. The lowest BCUT2D eigenvalue weighted by molar-refractivity contribution is 0.342. The Labute approximate surface area is 119 Å². The topological polar surface area (TPSA) is 12.0 Å². The molecule has 104 valence electrons. The monoisotopic (exact) mass is 269 g/mol. The summed E-state index contributed by atoms with van der Waals surface area (Å²) in [5, 5.41) is 3.42. The highest BCUT2D eigenvalue weighted by molar-refractivity contribution is 5.33. The number of halogens is 1. The molecule has 0 spiro atoms. The van der Waals surface area contributed by atoms with E-state index in [1.54, 1.807) is 12.1 Å². The average Bonchev–Trinajstić information content (AvgIpc) is 2.52. The minimum Gasteiger partial charge on any atom is -0.317 e. The number of benzene rings is 2. The number of nitrogens with one attached hydrogen (secondary N) is 1. The molecule has 1 fully saturated rings. The number of hydrogen-bond acceptors (Lipinski definition) is 1. The zero-order valence-corrected chi connectivity index (χ0v) is 11.6. The van der Waals surface area contributed by atoms with Crippen molar-refractivity contribution in [3.63, 3.8) is 0 Å². The van der Waals surface area contributed by atoms with Crippen LogP contribution in [-0.4, -0.2) is 13.1 Å². The van der Waals surface area contributed by atoms with E-state index in [9.17, 15) is 4.39 Å². The van der Waals surface area contributed by atoms with Crippen LogP contribution in [0.25, 0.3) is 0 Å². The maximum atomic E-state index is 13.2. The van der Waals surface area contributed by atoms with E-state index in [0.29, 0.717) is 11.8 Å². The number of piperidine rings is 1. The van der Waals surface area contributed by atoms with Crippen molar-refractivity contribution in [1.82, 2.24) is 5.32 Å². The van der Waals surface area contributed by atoms with Crippen molar-refractivity contribution in [3.8, 4) is 0 Å². The summed E-state index contributed by atoms with van der Waals surface area (Å²) in [6, 6.07) is 17.6. The standard InChI is InChI=1S/C18H20FN/c19-17-8-6-15(7-9-17)18(14-4-2-1-3-5-14)16-10-12-20-13-11-16/h1-9,16,18,20H,10-13H2/t18-/m1/s1. The van der Waals surface area contributed by atoms with Gasteiger partial charge < -0.3 is 5.32 Å². The Kier molecular flexibility index (Phi) is 4.12. The molecule has 1 heterocycles. The largest absolute Gasteiger partial charge is 0.317 e. The summed E-state index contributed by atoms with van der Waals surface area (Å²) in [4.78, 5) is 0. The Balaban J connectivity index is 1.96. The van der Waals surface area contributed by atoms with Gasteiger partial charge in [-0.25, -0.2) is 4.39 Å². The Hall–Kier alpha value is -1.67. The molecule has 0 aliphatic carbocycles. The summed E-state index contributed by atoms with van der Waals surface area (Å²) in [7, 11) is 0. The molecule has 0 saturated carbocycles. The van der Waals surface area contributed by atoms with Crippen LogP contribution < -0.4 is 5.32 Å². The first kappa shape index (κ1) is 13.3. The first-order valence-corrected chi connectivity index (χ1v) is 7.36. The summed E-state index contributed by atoms with van der Waals surface area (Å²) in [5.74, 6) is 0.842. The van der Waals surface area contributed by atoms with Crippen molar-refractivity contribution in [2.45, 2.75) is 18.8 Å². The molecule has 1 nitrogen and oxygen atoms in total. The van der Waals surface area contributed by atoms with E-state index in [4.69, 9.17) is 0 Å². The van der Waals surface area contributed by atoms with Gasteiger partial charge in [0.05, 0.1) is 0 Å². The smallest absolute Gasteiger partial charge is 0.123 e. The predicted molar refractivity (Wildman–Crippen MR) is 80.3 cm³/mol. The van der Waals surface area contributed by atoms with Crippen LogP contribution in [0.2, 0.25) is 0 Å². The fraction of sp³-hybridized carbons (Fsp3) is 0.333. The third-order valence-electron chi connectivity index (χ3n) is 4.24. The second-order valence-electron chi connectivity index (χ2n) is 5.53. The number of hydrogen-bond donors (Lipinski definition) is 1. The third-order valence-corrected chi connectivity index (χ3v) is 4.24. The molecule has 1 atom stereocenters. The highest BCUT2D eigenvalue weighted by atomic mass is 19.1. The van der Waals surface area contributed by atoms with Crippen molar-refractivity contribution < 1.29 is 4.39 Å². The van der Waals surface area contributed by atoms with E-state index in [1.165, 1.54) is 24.0 Å². The first-order chi connectivity index (χ1) is 9.84. The van der Waals surface area contributed by atoms with Crippen LogP contribution in [0.5, 0.6) is 0 Å². The molecule has 1 aliphatic heterocycles. The van der Waals surface area contributed by atoms with Gasteiger partial charge in [0, 0.05) is 5.92 Å². The van der Waals surface area contributed by atoms with E-state index in [-0.39, 0.29) is 5.82 Å². The van der Waals surface area contributed by atoms with Gasteiger partial charge in [0.25, 0.3) is 0 Å². The summed E-state index contributed by atoms with van der Waals surface area (Å²) in [5.41, 5.74) is 2.57. The average molecular weight is 269 g/mol. The molecule has 1 N–H and O–H groups in total. The van der Waals surface area contributed by atoms with Gasteiger partial charge in [-0.3, -0.25) is 0 Å². The van der Waals surface area contributed by atoms with Crippen LogP contribution >= 0.6 is 0 Å². The molecule has 1 aliphatic rings. The highest BCUT2D eigenvalue weighted by Crippen LogP contribution is 2.36. The van der Waals surface area contributed by atoms with Crippen molar-refractivity contribution in [1.29, 1.82) is 0 Å². The minimum atomic E-state index is -0.161. The van der Waals surface area contributed by atoms with Gasteiger partial charge in [0.2, 0.25) is 0 Å². The second kappa shape index (κ2) is 6.19. The van der Waals surface area contributed by atoms with Gasteiger partial charge in [-0.1, -0.05) is 42.5 Å². The summed E-state index contributed by atoms with van der Waals surface area (Å²) >= 11 is 0. The van der Waals surface area contributed by atoms with Crippen LogP contribution in [-0.2, 0) is 0 Å². The van der Waals surface area contributed by atoms with Crippen molar-refractivity contribution in [2.24, 2.45) is 5.92 Å². The Morgan fingerprint density at radius 1 is 0.850 bits per heavy atom. The summed E-state index contributed by atoms with van der Waals surface area (Å²) < 4.78 is 13.2. The van der Waals surface area contributed by atoms with Gasteiger partial charge >= 0.3 is 0 Å². The quantitative estimate of drug-likeness (QED) is 0.889. The molecule has 0 aromatic heterocycles. The molecule has 0 amide bonds. The van der Waals surface area contributed by atoms with E-state index in [0.717, 1.165) is 13.1 Å². The molecule has 0 unspecified atom stereocenters. The molecule has 2 heteroatoms. The molecule has 20 heavy (non-hydrogen) atoms. The fourth-order valence-electron chi connectivity index (χ4n) is 3.24. The molecule has 0 radical (unpaired) electrons. The Morgan fingerprint density at radius 3 is 2.10 bits per heavy atom. The lowest BCUT2D eigenvalue weighted by Gasteiger charge is -2.31. The van der Waals surface area contributed by atoms with Crippen LogP contribution in [0.3, 0.4) is 0 Å². The van der Waals surface area contributed by atoms with E-state index in [2.05, 4.69) is 29.6 Å². The molecule has 2 aromatic rings. The van der Waals surface area contributed by atoms with E-state index >= 15 is 0 Å². The maximum absolute atomic E-state index is 13.2. The molecule has 1 saturated heterocycles. The minimum absolute atomic E-state index is 0.161. The zero-order chi connectivity index (χ0) is 13.8. The first-order valence-electron chi connectivity index (χ1n) is 7.36. The van der Waals surface area contributed by atoms with Gasteiger partial charge in [-0.05, 0) is 55.1 Å². The van der Waals surface area contributed by atoms with Gasteiger partial charge in [0.1, 0.15) is 5.82 Å². The van der Waals surface area contributed by atoms with E-state index in [1.807, 2.05) is 18.2 Å². The molecule has 2 aromatic carbocycles. The summed E-state index contributed by atoms with van der Waals surface area (Å²) in [6.45, 7) is 2.16. The van der Waals surface area contributed by atoms with Gasteiger partial charge in [-0.15, -0.1) is 0 Å². The second-order valence-corrected chi connectivity index (χ2v) is 5.53. The van der Waals surface area contributed by atoms with Crippen molar-refractivity contribution in [2.75, 3.05) is 13.1 Å². The highest BCUT2D eigenvalue weighted by Gasteiger charge is 2.26. The molecule has 0 bridgehead atoms. The maximum Gasteiger partial charge on any atom is 0.123 e. The normalized spacial score (nSPS) is 17.9. The zero-order valence-electron chi connectivity index (χ0n) is 11.6. The summed E-state index contributed by atoms with van der Waals surface area (Å²) in [6.07, 6.45) is 2.36. The fourth-order valence-corrected chi connectivity index (χ4v) is 3.24. The number of rotatable bonds is 3. The SMILES string of the molecule is Fc1ccc([C@@H](c2ccccc2)C2CCNCC2)cc1. The van der Waals surface area contributed by atoms with Crippen molar-refractivity contribution in [3.05, 3.63) is 71.5 Å². The van der Waals surface area contributed by atoms with Crippen LogP contribution in [0.1, 0.15) is 29.9 Å². The molecule has 3 rings (SSSR count). The molecular formula is C18H20FN. The van der Waals surface area contributed by atoms with Crippen LogP contribution in [0.15, 0.2) is 54.6 Å². The van der Waals surface area contributed by atoms with Gasteiger partial charge in [-0.2, -0.15) is 0 Å². The predicted octanol–water partition coefficient (Wildman–Crippen LogP) is 3.96. The third kappa shape index (κ3) is 2.91. The van der Waals surface area contributed by atoms with Crippen LogP contribution in [0.4, 0.5) is 4.39 Å². The Morgan fingerprint density at radius 2 is 1.45 bits per heavy atom. The van der Waals surface area contributed by atoms with Crippen molar-refractivity contribution >= 4 is 0 Å². The Bertz CT molecular complexity index is 529.